The Balaban J connectivity index is 1.72. The fourth-order valence-corrected chi connectivity index (χ4v) is 3.02. The molecule has 2 rings (SSSR count). The summed E-state index contributed by atoms with van der Waals surface area (Å²) < 4.78 is 0. The maximum absolute atomic E-state index is 11.8. The van der Waals surface area contributed by atoms with Gasteiger partial charge in [0.2, 0.25) is 5.91 Å². The van der Waals surface area contributed by atoms with Crippen molar-refractivity contribution in [2.45, 2.75) is 69.9 Å². The second-order valence-corrected chi connectivity index (χ2v) is 5.38. The van der Waals surface area contributed by atoms with Crippen molar-refractivity contribution in [3.05, 3.63) is 0 Å². The number of carbonyl (C=O) groups excluding carboxylic acids is 1. The molecule has 2 aliphatic carbocycles. The lowest BCUT2D eigenvalue weighted by atomic mass is 9.92. The summed E-state index contributed by atoms with van der Waals surface area (Å²) in [4.78, 5) is 11.8. The number of rotatable bonds is 3. The van der Waals surface area contributed by atoms with Gasteiger partial charge in [0.1, 0.15) is 0 Å². The van der Waals surface area contributed by atoms with Gasteiger partial charge in [0.15, 0.2) is 0 Å². The van der Waals surface area contributed by atoms with E-state index in [1.54, 1.807) is 0 Å². The first-order chi connectivity index (χ1) is 7.75. The fourth-order valence-electron chi connectivity index (χ4n) is 3.02. The normalized spacial score (nSPS) is 31.6. The molecule has 2 saturated carbocycles. The van der Waals surface area contributed by atoms with Gasteiger partial charge >= 0.3 is 0 Å². The number of aliphatic hydroxyl groups is 1. The van der Waals surface area contributed by atoms with E-state index in [0.717, 1.165) is 25.7 Å². The SMILES string of the molecule is O=C(CC1CCCC1)N[C@@H]1CCCC[C@H]1O. The molecule has 0 aromatic heterocycles. The molecule has 92 valence electrons. The van der Waals surface area contributed by atoms with E-state index in [9.17, 15) is 9.90 Å². The summed E-state index contributed by atoms with van der Waals surface area (Å²) in [6.45, 7) is 0. The Kier molecular flexibility index (Phi) is 4.22. The third-order valence-corrected chi connectivity index (χ3v) is 4.02. The predicted molar refractivity (Wildman–Crippen MR) is 63.0 cm³/mol. The molecular weight excluding hydrogens is 202 g/mol. The Morgan fingerprint density at radius 1 is 1.06 bits per heavy atom. The summed E-state index contributed by atoms with van der Waals surface area (Å²) in [5.74, 6) is 0.749. The molecule has 3 nitrogen and oxygen atoms in total. The number of carbonyl (C=O) groups is 1. The molecule has 0 aliphatic heterocycles. The molecule has 0 spiro atoms. The first-order valence-electron chi connectivity index (χ1n) is 6.73. The van der Waals surface area contributed by atoms with E-state index in [1.165, 1.54) is 25.7 Å². The highest BCUT2D eigenvalue weighted by atomic mass is 16.3. The average Bonchev–Trinajstić information content (AvgIpc) is 2.74. The zero-order valence-electron chi connectivity index (χ0n) is 9.95. The third-order valence-electron chi connectivity index (χ3n) is 4.02. The van der Waals surface area contributed by atoms with Crippen molar-refractivity contribution >= 4 is 5.91 Å². The Bertz CT molecular complexity index is 236. The summed E-state index contributed by atoms with van der Waals surface area (Å²) in [5.41, 5.74) is 0. The topological polar surface area (TPSA) is 49.3 Å². The Morgan fingerprint density at radius 3 is 2.38 bits per heavy atom. The van der Waals surface area contributed by atoms with Gasteiger partial charge in [-0.15, -0.1) is 0 Å². The molecule has 0 saturated heterocycles. The lowest BCUT2D eigenvalue weighted by Gasteiger charge is -2.28. The number of hydrogen-bond donors (Lipinski definition) is 2. The fraction of sp³-hybridized carbons (Fsp3) is 0.923. The van der Waals surface area contributed by atoms with Crippen LogP contribution in [0.4, 0.5) is 0 Å². The highest BCUT2D eigenvalue weighted by Gasteiger charge is 2.26. The van der Waals surface area contributed by atoms with E-state index in [-0.39, 0.29) is 18.1 Å². The van der Waals surface area contributed by atoms with Gasteiger partial charge in [0.25, 0.3) is 0 Å². The van der Waals surface area contributed by atoms with Gasteiger partial charge in [-0.2, -0.15) is 0 Å². The van der Waals surface area contributed by atoms with Gasteiger partial charge in [-0.1, -0.05) is 25.7 Å². The molecule has 1 amide bonds. The summed E-state index contributed by atoms with van der Waals surface area (Å²) in [6.07, 6.45) is 9.34. The Hall–Kier alpha value is -0.570. The van der Waals surface area contributed by atoms with Crippen LogP contribution in [0.25, 0.3) is 0 Å². The molecule has 2 atom stereocenters. The molecule has 0 heterocycles. The third kappa shape index (κ3) is 3.21. The lowest BCUT2D eigenvalue weighted by Crippen LogP contribution is -2.45. The second kappa shape index (κ2) is 5.67. The van der Waals surface area contributed by atoms with Crippen LogP contribution in [0.15, 0.2) is 0 Å². The largest absolute Gasteiger partial charge is 0.391 e. The Morgan fingerprint density at radius 2 is 1.69 bits per heavy atom. The molecule has 2 N–H and O–H groups in total. The van der Waals surface area contributed by atoms with E-state index in [0.29, 0.717) is 12.3 Å². The predicted octanol–water partition coefficient (Wildman–Crippen LogP) is 1.99. The monoisotopic (exact) mass is 225 g/mol. The number of aliphatic hydroxyl groups excluding tert-OH is 1. The minimum Gasteiger partial charge on any atom is -0.391 e. The van der Waals surface area contributed by atoms with Crippen molar-refractivity contribution in [3.63, 3.8) is 0 Å². The zero-order valence-corrected chi connectivity index (χ0v) is 9.95. The molecular formula is C13H23NO2. The van der Waals surface area contributed by atoms with Crippen molar-refractivity contribution in [2.24, 2.45) is 5.92 Å². The van der Waals surface area contributed by atoms with E-state index in [4.69, 9.17) is 0 Å². The number of hydrogen-bond acceptors (Lipinski definition) is 2. The van der Waals surface area contributed by atoms with Gasteiger partial charge in [-0.3, -0.25) is 4.79 Å². The molecule has 2 fully saturated rings. The molecule has 0 bridgehead atoms. The number of nitrogens with one attached hydrogen (secondary N) is 1. The van der Waals surface area contributed by atoms with Gasteiger partial charge < -0.3 is 10.4 Å². The minimum absolute atomic E-state index is 0.0163. The standard InChI is InChI=1S/C13H23NO2/c15-12-8-4-3-7-11(12)14-13(16)9-10-5-1-2-6-10/h10-12,15H,1-9H2,(H,14,16)/t11-,12-/m1/s1. The maximum Gasteiger partial charge on any atom is 0.220 e. The van der Waals surface area contributed by atoms with Crippen molar-refractivity contribution < 1.29 is 9.90 Å². The van der Waals surface area contributed by atoms with Crippen LogP contribution in [0.5, 0.6) is 0 Å². The van der Waals surface area contributed by atoms with E-state index < -0.39 is 0 Å². The highest BCUT2D eigenvalue weighted by molar-refractivity contribution is 5.76. The van der Waals surface area contributed by atoms with Gasteiger partial charge in [0.05, 0.1) is 12.1 Å². The Labute approximate surface area is 97.6 Å². The molecule has 0 aromatic carbocycles. The molecule has 2 aliphatic rings. The van der Waals surface area contributed by atoms with Crippen LogP contribution in [0.2, 0.25) is 0 Å². The van der Waals surface area contributed by atoms with Crippen molar-refractivity contribution in [3.8, 4) is 0 Å². The van der Waals surface area contributed by atoms with E-state index in [1.807, 2.05) is 0 Å². The average molecular weight is 225 g/mol. The van der Waals surface area contributed by atoms with Crippen LogP contribution in [0.1, 0.15) is 57.8 Å². The second-order valence-electron chi connectivity index (χ2n) is 5.38. The van der Waals surface area contributed by atoms with E-state index in [2.05, 4.69) is 5.32 Å². The first-order valence-corrected chi connectivity index (χ1v) is 6.73. The molecule has 0 unspecified atom stereocenters. The van der Waals surface area contributed by atoms with Gasteiger partial charge in [-0.05, 0) is 31.6 Å². The van der Waals surface area contributed by atoms with Crippen LogP contribution in [-0.2, 0) is 4.79 Å². The maximum atomic E-state index is 11.8. The summed E-state index contributed by atoms with van der Waals surface area (Å²) in [7, 11) is 0. The van der Waals surface area contributed by atoms with Crippen molar-refractivity contribution in [2.75, 3.05) is 0 Å². The van der Waals surface area contributed by atoms with Gasteiger partial charge in [0, 0.05) is 6.42 Å². The van der Waals surface area contributed by atoms with Crippen LogP contribution < -0.4 is 5.32 Å². The first kappa shape index (κ1) is 11.9. The molecule has 0 radical (unpaired) electrons. The van der Waals surface area contributed by atoms with Gasteiger partial charge in [-0.25, -0.2) is 0 Å². The van der Waals surface area contributed by atoms with Crippen LogP contribution in [0, 0.1) is 5.92 Å². The molecule has 3 heteroatoms. The quantitative estimate of drug-likeness (QED) is 0.771. The van der Waals surface area contributed by atoms with Crippen molar-refractivity contribution in [1.82, 2.24) is 5.32 Å². The number of amides is 1. The van der Waals surface area contributed by atoms with E-state index >= 15 is 0 Å². The smallest absolute Gasteiger partial charge is 0.220 e. The molecule has 0 aromatic rings. The minimum atomic E-state index is -0.318. The zero-order chi connectivity index (χ0) is 11.4. The van der Waals surface area contributed by atoms with Crippen LogP contribution >= 0.6 is 0 Å². The molecule has 16 heavy (non-hydrogen) atoms. The summed E-state index contributed by atoms with van der Waals surface area (Å²) in [5, 5.41) is 12.8. The highest BCUT2D eigenvalue weighted by Crippen LogP contribution is 2.27. The van der Waals surface area contributed by atoms with Crippen molar-refractivity contribution in [1.29, 1.82) is 0 Å². The summed E-state index contributed by atoms with van der Waals surface area (Å²) in [6, 6.07) is 0.0163. The summed E-state index contributed by atoms with van der Waals surface area (Å²) >= 11 is 0. The van der Waals surface area contributed by atoms with Crippen LogP contribution in [-0.4, -0.2) is 23.2 Å². The van der Waals surface area contributed by atoms with Crippen LogP contribution in [0.3, 0.4) is 0 Å². The lowest BCUT2D eigenvalue weighted by molar-refractivity contribution is -0.123.